The summed E-state index contributed by atoms with van der Waals surface area (Å²) in [6.07, 6.45) is 0. The first kappa shape index (κ1) is 8.44. The van der Waals surface area contributed by atoms with Crippen molar-refractivity contribution in [2.75, 3.05) is 7.11 Å². The molecule has 0 atom stereocenters. The van der Waals surface area contributed by atoms with Crippen molar-refractivity contribution in [1.82, 2.24) is 4.98 Å². The number of hydrogen-bond acceptors (Lipinski definition) is 3. The number of benzene rings is 1. The number of thiazole rings is 1. The van der Waals surface area contributed by atoms with Crippen molar-refractivity contribution in [2.24, 2.45) is 0 Å². The Balaban J connectivity index is 2.83. The summed E-state index contributed by atoms with van der Waals surface area (Å²) in [7, 11) is 1.53. The summed E-state index contributed by atoms with van der Waals surface area (Å²) in [5.74, 6) is 0.327. The number of hydrogen-bond donors (Lipinski definition) is 0. The van der Waals surface area contributed by atoms with Gasteiger partial charge in [-0.1, -0.05) is 0 Å². The van der Waals surface area contributed by atoms with Gasteiger partial charge in [0.05, 0.1) is 22.8 Å². The maximum atomic E-state index is 13.6. The first-order valence-corrected chi connectivity index (χ1v) is 4.68. The van der Waals surface area contributed by atoms with Gasteiger partial charge in [-0.2, -0.15) is 0 Å². The highest BCUT2D eigenvalue weighted by atomic mass is 32.1. The molecule has 0 saturated carbocycles. The van der Waals surface area contributed by atoms with E-state index in [0.717, 1.165) is 0 Å². The standard InChI is InChI=1S/C9H8FNOS/c1-5-7(12-2)3-6-9(8(5)10)13-4-11-6/h3-4H,1-2H3. The van der Waals surface area contributed by atoms with E-state index in [1.54, 1.807) is 18.5 Å². The lowest BCUT2D eigenvalue weighted by Gasteiger charge is -2.04. The van der Waals surface area contributed by atoms with Gasteiger partial charge < -0.3 is 4.74 Å². The van der Waals surface area contributed by atoms with Crippen molar-refractivity contribution in [2.45, 2.75) is 6.92 Å². The minimum atomic E-state index is -0.225. The van der Waals surface area contributed by atoms with Gasteiger partial charge in [-0.15, -0.1) is 11.3 Å². The van der Waals surface area contributed by atoms with Gasteiger partial charge in [0.1, 0.15) is 11.6 Å². The van der Waals surface area contributed by atoms with E-state index in [1.165, 1.54) is 18.4 Å². The normalized spacial score (nSPS) is 10.7. The molecular weight excluding hydrogens is 189 g/mol. The number of ether oxygens (including phenoxy) is 1. The second kappa shape index (κ2) is 2.96. The fourth-order valence-electron chi connectivity index (χ4n) is 1.24. The van der Waals surface area contributed by atoms with Crippen molar-refractivity contribution in [3.05, 3.63) is 23.0 Å². The highest BCUT2D eigenvalue weighted by Gasteiger charge is 2.11. The van der Waals surface area contributed by atoms with Crippen molar-refractivity contribution in [3.63, 3.8) is 0 Å². The lowest BCUT2D eigenvalue weighted by molar-refractivity contribution is 0.408. The summed E-state index contributed by atoms with van der Waals surface area (Å²) < 4.78 is 19.2. The molecule has 0 aliphatic heterocycles. The van der Waals surface area contributed by atoms with E-state index in [9.17, 15) is 4.39 Å². The van der Waals surface area contributed by atoms with Crippen LogP contribution in [0.2, 0.25) is 0 Å². The third-order valence-corrected chi connectivity index (χ3v) is 2.82. The second-order valence-electron chi connectivity index (χ2n) is 2.72. The Bertz CT molecular complexity index is 452. The molecule has 13 heavy (non-hydrogen) atoms. The molecule has 0 aliphatic carbocycles. The van der Waals surface area contributed by atoms with Crippen LogP contribution in [0.5, 0.6) is 5.75 Å². The minimum absolute atomic E-state index is 0.225. The Kier molecular flexibility index (Phi) is 1.92. The second-order valence-corrected chi connectivity index (χ2v) is 3.57. The average Bonchev–Trinajstić information content (AvgIpc) is 2.59. The summed E-state index contributed by atoms with van der Waals surface area (Å²) in [5.41, 5.74) is 2.83. The maximum absolute atomic E-state index is 13.6. The van der Waals surface area contributed by atoms with Crippen LogP contribution >= 0.6 is 11.3 Å². The predicted molar refractivity (Wildman–Crippen MR) is 50.9 cm³/mol. The Labute approximate surface area is 79.0 Å². The fourth-order valence-corrected chi connectivity index (χ4v) is 2.01. The minimum Gasteiger partial charge on any atom is -0.496 e. The highest BCUT2D eigenvalue weighted by Crippen LogP contribution is 2.30. The molecule has 0 radical (unpaired) electrons. The molecule has 0 fully saturated rings. The molecule has 0 aliphatic rings. The van der Waals surface area contributed by atoms with Gasteiger partial charge >= 0.3 is 0 Å². The molecule has 0 N–H and O–H groups in total. The van der Waals surface area contributed by atoms with E-state index in [4.69, 9.17) is 4.74 Å². The molecule has 0 unspecified atom stereocenters. The number of methoxy groups -OCH3 is 1. The summed E-state index contributed by atoms with van der Waals surface area (Å²) in [6, 6.07) is 1.75. The fraction of sp³-hybridized carbons (Fsp3) is 0.222. The number of aromatic nitrogens is 1. The first-order chi connectivity index (χ1) is 6.24. The van der Waals surface area contributed by atoms with Crippen LogP contribution in [-0.4, -0.2) is 12.1 Å². The summed E-state index contributed by atoms with van der Waals surface area (Å²) in [6.45, 7) is 1.70. The Morgan fingerprint density at radius 2 is 2.31 bits per heavy atom. The molecule has 0 bridgehead atoms. The van der Waals surface area contributed by atoms with E-state index >= 15 is 0 Å². The van der Waals surface area contributed by atoms with Crippen molar-refractivity contribution in [3.8, 4) is 5.75 Å². The Morgan fingerprint density at radius 1 is 1.54 bits per heavy atom. The topological polar surface area (TPSA) is 22.1 Å². The maximum Gasteiger partial charge on any atom is 0.149 e. The lowest BCUT2D eigenvalue weighted by Crippen LogP contribution is -1.90. The van der Waals surface area contributed by atoms with Crippen LogP contribution in [0.1, 0.15) is 5.56 Å². The quantitative estimate of drug-likeness (QED) is 0.701. The molecule has 1 aromatic carbocycles. The zero-order chi connectivity index (χ0) is 9.42. The molecule has 2 nitrogen and oxygen atoms in total. The van der Waals surface area contributed by atoms with E-state index in [0.29, 0.717) is 21.5 Å². The third-order valence-electron chi connectivity index (χ3n) is 1.98. The van der Waals surface area contributed by atoms with Crippen LogP contribution in [0.15, 0.2) is 11.6 Å². The van der Waals surface area contributed by atoms with E-state index in [1.807, 2.05) is 0 Å². The summed E-state index contributed by atoms with van der Waals surface area (Å²) in [5, 5.41) is 0. The summed E-state index contributed by atoms with van der Waals surface area (Å²) >= 11 is 1.31. The lowest BCUT2D eigenvalue weighted by atomic mass is 10.2. The van der Waals surface area contributed by atoms with Crippen LogP contribution in [-0.2, 0) is 0 Å². The highest BCUT2D eigenvalue weighted by molar-refractivity contribution is 7.16. The molecule has 68 valence electrons. The number of halogens is 1. The van der Waals surface area contributed by atoms with Gasteiger partial charge in [-0.25, -0.2) is 9.37 Å². The van der Waals surface area contributed by atoms with E-state index in [-0.39, 0.29) is 5.82 Å². The van der Waals surface area contributed by atoms with Crippen molar-refractivity contribution in [1.29, 1.82) is 0 Å². The van der Waals surface area contributed by atoms with Crippen LogP contribution in [0.3, 0.4) is 0 Å². The molecule has 4 heteroatoms. The largest absolute Gasteiger partial charge is 0.496 e. The van der Waals surface area contributed by atoms with Crippen LogP contribution in [0.4, 0.5) is 4.39 Å². The zero-order valence-corrected chi connectivity index (χ0v) is 8.11. The smallest absolute Gasteiger partial charge is 0.149 e. The number of fused-ring (bicyclic) bond motifs is 1. The predicted octanol–water partition coefficient (Wildman–Crippen LogP) is 2.75. The van der Waals surface area contributed by atoms with Crippen LogP contribution < -0.4 is 4.74 Å². The van der Waals surface area contributed by atoms with Gasteiger partial charge in [0.2, 0.25) is 0 Å². The molecule has 0 amide bonds. The molecule has 1 heterocycles. The Hall–Kier alpha value is -1.16. The monoisotopic (exact) mass is 197 g/mol. The SMILES string of the molecule is COc1cc2ncsc2c(F)c1C. The molecule has 2 rings (SSSR count). The average molecular weight is 197 g/mol. The molecule has 1 aromatic heterocycles. The molecular formula is C9H8FNOS. The van der Waals surface area contributed by atoms with Gasteiger partial charge in [-0.3, -0.25) is 0 Å². The Morgan fingerprint density at radius 3 is 3.00 bits per heavy atom. The van der Waals surface area contributed by atoms with Crippen LogP contribution in [0.25, 0.3) is 10.2 Å². The van der Waals surface area contributed by atoms with Gasteiger partial charge in [0.15, 0.2) is 0 Å². The zero-order valence-electron chi connectivity index (χ0n) is 7.30. The van der Waals surface area contributed by atoms with Gasteiger partial charge in [0, 0.05) is 11.6 Å². The van der Waals surface area contributed by atoms with Crippen LogP contribution in [0, 0.1) is 12.7 Å². The van der Waals surface area contributed by atoms with Gasteiger partial charge in [-0.05, 0) is 6.92 Å². The molecule has 2 aromatic rings. The van der Waals surface area contributed by atoms with Crippen molar-refractivity contribution < 1.29 is 9.13 Å². The number of nitrogens with zero attached hydrogens (tertiary/aromatic N) is 1. The van der Waals surface area contributed by atoms with Gasteiger partial charge in [0.25, 0.3) is 0 Å². The third kappa shape index (κ3) is 1.18. The van der Waals surface area contributed by atoms with Crippen molar-refractivity contribution >= 4 is 21.6 Å². The van der Waals surface area contributed by atoms with E-state index in [2.05, 4.69) is 4.98 Å². The molecule has 0 spiro atoms. The number of rotatable bonds is 1. The van der Waals surface area contributed by atoms with E-state index < -0.39 is 0 Å². The summed E-state index contributed by atoms with van der Waals surface area (Å²) in [4.78, 5) is 4.03. The first-order valence-electron chi connectivity index (χ1n) is 3.80. The molecule has 0 saturated heterocycles.